The molecule has 4 heteroatoms. The van der Waals surface area contributed by atoms with Gasteiger partial charge in [0, 0.05) is 0 Å². The predicted octanol–water partition coefficient (Wildman–Crippen LogP) is 2.89. The molecule has 0 aromatic heterocycles. The van der Waals surface area contributed by atoms with E-state index in [1.165, 1.54) is 25.7 Å². The molecule has 0 saturated heterocycles. The van der Waals surface area contributed by atoms with Crippen LogP contribution >= 0.6 is 0 Å². The third-order valence-electron chi connectivity index (χ3n) is 1.53. The first-order valence-corrected chi connectivity index (χ1v) is 4.06. The number of rotatable bonds is 5. The molecule has 80 valence electrons. The van der Waals surface area contributed by atoms with Crippen LogP contribution in [-0.2, 0) is 25.8 Å². The third-order valence-corrected chi connectivity index (χ3v) is 1.53. The van der Waals surface area contributed by atoms with Crippen LogP contribution in [0.3, 0.4) is 0 Å². The van der Waals surface area contributed by atoms with Crippen molar-refractivity contribution in [2.24, 2.45) is 5.92 Å². The van der Waals surface area contributed by atoms with Crippen molar-refractivity contribution >= 4 is 0 Å². The van der Waals surface area contributed by atoms with Crippen LogP contribution in [0.2, 0.25) is 0 Å². The SMILES string of the molecule is [CH2-]CCCCCC(C)C.[Hf+4].[OH-].[OH-].[OH-]. The second kappa shape index (κ2) is 23.0. The molecule has 0 saturated carbocycles. The van der Waals surface area contributed by atoms with Crippen LogP contribution in [0.15, 0.2) is 0 Å². The van der Waals surface area contributed by atoms with Crippen molar-refractivity contribution in [2.45, 2.75) is 46.0 Å². The van der Waals surface area contributed by atoms with Crippen molar-refractivity contribution in [3.8, 4) is 0 Å². The average Bonchev–Trinajstić information content (AvgIpc) is 1.80. The van der Waals surface area contributed by atoms with E-state index in [0.717, 1.165) is 12.3 Å². The molecular weight excluding hydrogens is 335 g/mol. The smallest absolute Gasteiger partial charge is 0.870 e. The zero-order chi connectivity index (χ0) is 7.11. The molecular formula is C9H22HfO3. The van der Waals surface area contributed by atoms with E-state index in [4.69, 9.17) is 0 Å². The maximum atomic E-state index is 3.80. The van der Waals surface area contributed by atoms with Crippen molar-refractivity contribution in [1.29, 1.82) is 0 Å². The summed E-state index contributed by atoms with van der Waals surface area (Å²) in [6.07, 6.45) is 6.58. The van der Waals surface area contributed by atoms with Gasteiger partial charge in [0.15, 0.2) is 0 Å². The standard InChI is InChI=1S/C9H19.Hf.3H2O/c1-4-5-6-7-8-9(2)3;;;;/h9H,1,4-8H2,2-3H3;;3*1H2/q-1;+4;;;/p-3. The normalized spacial score (nSPS) is 7.38. The third kappa shape index (κ3) is 32.3. The summed E-state index contributed by atoms with van der Waals surface area (Å²) in [4.78, 5) is 0. The molecule has 0 fully saturated rings. The minimum Gasteiger partial charge on any atom is -0.870 e. The number of hydrogen-bond acceptors (Lipinski definition) is 3. The van der Waals surface area contributed by atoms with Crippen LogP contribution in [-0.4, -0.2) is 16.4 Å². The van der Waals surface area contributed by atoms with Gasteiger partial charge in [0.2, 0.25) is 0 Å². The summed E-state index contributed by atoms with van der Waals surface area (Å²) in [6, 6.07) is 0. The second-order valence-corrected chi connectivity index (χ2v) is 3.10. The molecule has 0 aliphatic carbocycles. The molecule has 0 amide bonds. The van der Waals surface area contributed by atoms with Crippen LogP contribution in [0.5, 0.6) is 0 Å². The van der Waals surface area contributed by atoms with Gasteiger partial charge in [0.05, 0.1) is 0 Å². The quantitative estimate of drug-likeness (QED) is 0.431. The van der Waals surface area contributed by atoms with Gasteiger partial charge in [-0.3, -0.25) is 0 Å². The summed E-state index contributed by atoms with van der Waals surface area (Å²) in [5.74, 6) is 0.884. The Morgan fingerprint density at radius 1 is 0.923 bits per heavy atom. The molecule has 0 spiro atoms. The molecule has 0 rings (SSSR count). The monoisotopic (exact) mass is 358 g/mol. The largest absolute Gasteiger partial charge is 4.00 e. The van der Waals surface area contributed by atoms with Gasteiger partial charge in [-0.1, -0.05) is 39.5 Å². The van der Waals surface area contributed by atoms with Crippen LogP contribution in [0, 0.1) is 12.8 Å². The maximum Gasteiger partial charge on any atom is 4.00 e. The van der Waals surface area contributed by atoms with E-state index in [9.17, 15) is 0 Å². The van der Waals surface area contributed by atoms with Crippen molar-refractivity contribution in [3.63, 3.8) is 0 Å². The van der Waals surface area contributed by atoms with Crippen molar-refractivity contribution in [1.82, 2.24) is 0 Å². The fourth-order valence-corrected chi connectivity index (χ4v) is 0.906. The first kappa shape index (κ1) is 29.2. The summed E-state index contributed by atoms with van der Waals surface area (Å²) in [7, 11) is 0. The van der Waals surface area contributed by atoms with E-state index in [-0.39, 0.29) is 42.3 Å². The molecule has 0 radical (unpaired) electrons. The average molecular weight is 357 g/mol. The van der Waals surface area contributed by atoms with E-state index in [2.05, 4.69) is 20.8 Å². The van der Waals surface area contributed by atoms with Crippen LogP contribution in [0.1, 0.15) is 46.0 Å². The number of hydrogen-bond donors (Lipinski definition) is 0. The summed E-state index contributed by atoms with van der Waals surface area (Å²) in [5.41, 5.74) is 0. The summed E-state index contributed by atoms with van der Waals surface area (Å²) < 4.78 is 0. The van der Waals surface area contributed by atoms with E-state index < -0.39 is 0 Å². The Bertz CT molecular complexity index is 60.8. The molecule has 13 heavy (non-hydrogen) atoms. The zero-order valence-corrected chi connectivity index (χ0v) is 12.3. The van der Waals surface area contributed by atoms with Gasteiger partial charge in [-0.15, -0.1) is 0 Å². The molecule has 0 heterocycles. The van der Waals surface area contributed by atoms with Gasteiger partial charge in [-0.2, -0.15) is 6.42 Å². The maximum absolute atomic E-state index is 3.80. The fraction of sp³-hybridized carbons (Fsp3) is 0.889. The topological polar surface area (TPSA) is 90.0 Å². The Morgan fingerprint density at radius 2 is 1.38 bits per heavy atom. The van der Waals surface area contributed by atoms with E-state index >= 15 is 0 Å². The predicted molar refractivity (Wildman–Crippen MR) is 49.1 cm³/mol. The zero-order valence-electron chi connectivity index (χ0n) is 8.66. The van der Waals surface area contributed by atoms with Crippen molar-refractivity contribution in [3.05, 3.63) is 6.92 Å². The molecule has 0 aromatic carbocycles. The van der Waals surface area contributed by atoms with E-state index in [0.29, 0.717) is 0 Å². The van der Waals surface area contributed by atoms with E-state index in [1.807, 2.05) is 0 Å². The second-order valence-electron chi connectivity index (χ2n) is 3.10. The summed E-state index contributed by atoms with van der Waals surface area (Å²) >= 11 is 0. The molecule has 0 bridgehead atoms. The fourth-order valence-electron chi connectivity index (χ4n) is 0.906. The summed E-state index contributed by atoms with van der Waals surface area (Å²) in [5, 5.41) is 0. The van der Waals surface area contributed by atoms with Gasteiger partial charge in [0.1, 0.15) is 0 Å². The van der Waals surface area contributed by atoms with Gasteiger partial charge in [-0.25, -0.2) is 0 Å². The van der Waals surface area contributed by atoms with Crippen LogP contribution in [0.4, 0.5) is 0 Å². The Labute approximate surface area is 101 Å². The molecule has 3 N–H and O–H groups in total. The molecule has 0 atom stereocenters. The Morgan fingerprint density at radius 3 is 1.69 bits per heavy atom. The Balaban J connectivity index is -0.0000000533. The van der Waals surface area contributed by atoms with Crippen molar-refractivity contribution < 1.29 is 42.3 Å². The first-order chi connectivity index (χ1) is 4.27. The van der Waals surface area contributed by atoms with Gasteiger partial charge < -0.3 is 23.4 Å². The van der Waals surface area contributed by atoms with Gasteiger partial charge in [0.25, 0.3) is 0 Å². The summed E-state index contributed by atoms with van der Waals surface area (Å²) in [6.45, 7) is 8.37. The molecule has 0 aromatic rings. The van der Waals surface area contributed by atoms with Crippen molar-refractivity contribution in [2.75, 3.05) is 0 Å². The van der Waals surface area contributed by atoms with E-state index in [1.54, 1.807) is 0 Å². The van der Waals surface area contributed by atoms with Gasteiger partial charge >= 0.3 is 25.8 Å². The Kier molecular flexibility index (Phi) is 51.6. The first-order valence-electron chi connectivity index (χ1n) is 4.06. The van der Waals surface area contributed by atoms with Gasteiger partial charge in [-0.05, 0) is 5.92 Å². The number of unbranched alkanes of at least 4 members (excludes halogenated alkanes) is 3. The van der Waals surface area contributed by atoms with Crippen LogP contribution < -0.4 is 0 Å². The minimum atomic E-state index is 0. The molecule has 0 aliphatic rings. The minimum absolute atomic E-state index is 0. The molecule has 0 aliphatic heterocycles. The molecule has 0 unspecified atom stereocenters. The van der Waals surface area contributed by atoms with Crippen LogP contribution in [0.25, 0.3) is 0 Å². The molecule has 3 nitrogen and oxygen atoms in total. The Hall–Kier alpha value is 0.750.